The van der Waals surface area contributed by atoms with Crippen molar-refractivity contribution in [2.75, 3.05) is 33.9 Å². The topological polar surface area (TPSA) is 67.6 Å². The third-order valence-electron chi connectivity index (χ3n) is 3.03. The van der Waals surface area contributed by atoms with Crippen LogP contribution in [0.5, 0.6) is 0 Å². The van der Waals surface area contributed by atoms with E-state index in [4.69, 9.17) is 10.5 Å². The Bertz CT molecular complexity index is 205. The third kappa shape index (κ3) is 3.44. The maximum absolute atomic E-state index is 11.3. The second-order valence-corrected chi connectivity index (χ2v) is 3.95. The molecular formula is C10H21N3O2. The minimum Gasteiger partial charge on any atom is -0.380 e. The monoisotopic (exact) mass is 215 g/mol. The lowest BCUT2D eigenvalue weighted by Crippen LogP contribution is -2.46. The highest BCUT2D eigenvalue weighted by molar-refractivity contribution is 5.76. The average Bonchev–Trinajstić information content (AvgIpc) is 2.77. The molecule has 1 aliphatic heterocycles. The molecule has 0 bridgehead atoms. The van der Waals surface area contributed by atoms with Crippen LogP contribution in [-0.2, 0) is 9.53 Å². The van der Waals surface area contributed by atoms with E-state index in [1.54, 1.807) is 7.05 Å². The fraction of sp³-hybridized carbons (Fsp3) is 0.900. The Morgan fingerprint density at radius 2 is 2.47 bits per heavy atom. The molecule has 5 nitrogen and oxygen atoms in total. The summed E-state index contributed by atoms with van der Waals surface area (Å²) in [4.78, 5) is 13.4. The molecule has 15 heavy (non-hydrogen) atoms. The van der Waals surface area contributed by atoms with Gasteiger partial charge >= 0.3 is 0 Å². The molecule has 0 aromatic heterocycles. The number of carbonyl (C=O) groups excluding carboxylic acids is 1. The molecule has 1 fully saturated rings. The molecule has 1 aliphatic rings. The summed E-state index contributed by atoms with van der Waals surface area (Å²) in [6.45, 7) is 2.06. The molecular weight excluding hydrogens is 194 g/mol. The number of ether oxygens (including phenoxy) is 1. The zero-order valence-corrected chi connectivity index (χ0v) is 9.53. The summed E-state index contributed by atoms with van der Waals surface area (Å²) in [6.07, 6.45) is 1.49. The van der Waals surface area contributed by atoms with Gasteiger partial charge < -0.3 is 15.8 Å². The second-order valence-electron chi connectivity index (χ2n) is 3.95. The second kappa shape index (κ2) is 6.05. The Morgan fingerprint density at radius 3 is 2.93 bits per heavy atom. The Morgan fingerprint density at radius 1 is 1.73 bits per heavy atom. The van der Waals surface area contributed by atoms with Crippen LogP contribution in [0.25, 0.3) is 0 Å². The lowest BCUT2D eigenvalue weighted by Gasteiger charge is -2.30. The Hall–Kier alpha value is -0.650. The maximum Gasteiger partial charge on any atom is 0.221 e. The van der Waals surface area contributed by atoms with Gasteiger partial charge in [-0.1, -0.05) is 0 Å². The van der Waals surface area contributed by atoms with Crippen LogP contribution < -0.4 is 11.1 Å². The summed E-state index contributed by atoms with van der Waals surface area (Å²) in [6, 6.07) is 0.514. The highest BCUT2D eigenvalue weighted by atomic mass is 16.5. The van der Waals surface area contributed by atoms with Crippen molar-refractivity contribution in [3.05, 3.63) is 0 Å². The summed E-state index contributed by atoms with van der Waals surface area (Å²) in [5.41, 5.74) is 5.68. The lowest BCUT2D eigenvalue weighted by molar-refractivity contribution is -0.121. The molecule has 1 rings (SSSR count). The molecule has 2 atom stereocenters. The smallest absolute Gasteiger partial charge is 0.221 e. The van der Waals surface area contributed by atoms with Crippen molar-refractivity contribution in [3.8, 4) is 0 Å². The molecule has 0 aromatic rings. The number of likely N-dealkylation sites (N-methyl/N-ethyl adjacent to an activating group) is 1. The molecule has 1 saturated heterocycles. The SMILES string of the molecule is CNC(=O)CC(CN)N(C)C1CCOC1. The van der Waals surface area contributed by atoms with Crippen LogP contribution in [-0.4, -0.2) is 56.7 Å². The number of hydrogen-bond donors (Lipinski definition) is 2. The average molecular weight is 215 g/mol. The highest BCUT2D eigenvalue weighted by Crippen LogP contribution is 2.14. The van der Waals surface area contributed by atoms with Gasteiger partial charge in [0.05, 0.1) is 6.61 Å². The van der Waals surface area contributed by atoms with Gasteiger partial charge in [0.2, 0.25) is 5.91 Å². The van der Waals surface area contributed by atoms with E-state index in [1.165, 1.54) is 0 Å². The van der Waals surface area contributed by atoms with Crippen LogP contribution in [0.15, 0.2) is 0 Å². The van der Waals surface area contributed by atoms with Crippen LogP contribution in [0.1, 0.15) is 12.8 Å². The van der Waals surface area contributed by atoms with E-state index in [0.29, 0.717) is 19.0 Å². The first-order valence-corrected chi connectivity index (χ1v) is 5.39. The van der Waals surface area contributed by atoms with Gasteiger partial charge in [-0.2, -0.15) is 0 Å². The standard InChI is InChI=1S/C10H21N3O2/c1-12-10(14)5-9(6-11)13(2)8-3-4-15-7-8/h8-9H,3-7,11H2,1-2H3,(H,12,14). The largest absolute Gasteiger partial charge is 0.380 e. The van der Waals surface area contributed by atoms with Gasteiger partial charge in [0.15, 0.2) is 0 Å². The van der Waals surface area contributed by atoms with Gasteiger partial charge in [-0.05, 0) is 13.5 Å². The van der Waals surface area contributed by atoms with E-state index in [-0.39, 0.29) is 11.9 Å². The first-order chi connectivity index (χ1) is 7.19. The van der Waals surface area contributed by atoms with Crippen molar-refractivity contribution in [2.24, 2.45) is 5.73 Å². The van der Waals surface area contributed by atoms with E-state index < -0.39 is 0 Å². The zero-order valence-electron chi connectivity index (χ0n) is 9.53. The van der Waals surface area contributed by atoms with Gasteiger partial charge in [-0.3, -0.25) is 9.69 Å². The predicted octanol–water partition coefficient (Wildman–Crippen LogP) is -0.829. The van der Waals surface area contributed by atoms with Crippen LogP contribution in [0.2, 0.25) is 0 Å². The minimum absolute atomic E-state index is 0.0382. The van der Waals surface area contributed by atoms with Crippen LogP contribution in [0.3, 0.4) is 0 Å². The van der Waals surface area contributed by atoms with Crippen LogP contribution in [0.4, 0.5) is 0 Å². The molecule has 0 aromatic carbocycles. The summed E-state index contributed by atoms with van der Waals surface area (Å²) in [7, 11) is 3.66. The maximum atomic E-state index is 11.3. The fourth-order valence-corrected chi connectivity index (χ4v) is 1.85. The van der Waals surface area contributed by atoms with Gasteiger partial charge in [0.1, 0.15) is 0 Å². The number of nitrogens with two attached hydrogens (primary N) is 1. The first kappa shape index (κ1) is 12.4. The molecule has 0 radical (unpaired) electrons. The highest BCUT2D eigenvalue weighted by Gasteiger charge is 2.26. The van der Waals surface area contributed by atoms with Gasteiger partial charge in [-0.15, -0.1) is 0 Å². The molecule has 1 amide bonds. The summed E-state index contributed by atoms with van der Waals surface area (Å²) >= 11 is 0. The van der Waals surface area contributed by atoms with E-state index >= 15 is 0 Å². The molecule has 5 heteroatoms. The van der Waals surface area contributed by atoms with Gasteiger partial charge in [-0.25, -0.2) is 0 Å². The molecule has 0 aliphatic carbocycles. The summed E-state index contributed by atoms with van der Waals surface area (Å²) in [5, 5.41) is 2.62. The number of amides is 1. The molecule has 0 spiro atoms. The summed E-state index contributed by atoms with van der Waals surface area (Å²) in [5.74, 6) is 0.0382. The first-order valence-electron chi connectivity index (χ1n) is 5.39. The quantitative estimate of drug-likeness (QED) is 0.628. The Balaban J connectivity index is 2.45. The van der Waals surface area contributed by atoms with Gasteiger partial charge in [0.25, 0.3) is 0 Å². The molecule has 3 N–H and O–H groups in total. The molecule has 1 heterocycles. The minimum atomic E-state index is 0.0382. The normalized spacial score (nSPS) is 23.1. The number of rotatable bonds is 5. The van der Waals surface area contributed by atoms with Crippen molar-refractivity contribution in [2.45, 2.75) is 24.9 Å². The van der Waals surface area contributed by atoms with Crippen molar-refractivity contribution in [3.63, 3.8) is 0 Å². The Labute approximate surface area is 90.9 Å². The van der Waals surface area contributed by atoms with Crippen LogP contribution >= 0.6 is 0 Å². The van der Waals surface area contributed by atoms with E-state index in [2.05, 4.69) is 10.2 Å². The molecule has 0 saturated carbocycles. The van der Waals surface area contributed by atoms with Crippen molar-refractivity contribution in [1.29, 1.82) is 0 Å². The molecule has 88 valence electrons. The van der Waals surface area contributed by atoms with Crippen molar-refractivity contribution < 1.29 is 9.53 Å². The Kier molecular flexibility index (Phi) is 5.01. The number of carbonyl (C=O) groups is 1. The van der Waals surface area contributed by atoms with E-state index in [9.17, 15) is 4.79 Å². The molecule has 2 unspecified atom stereocenters. The van der Waals surface area contributed by atoms with Crippen LogP contribution in [0, 0.1) is 0 Å². The summed E-state index contributed by atoms with van der Waals surface area (Å²) < 4.78 is 5.32. The number of nitrogens with one attached hydrogen (secondary N) is 1. The predicted molar refractivity (Wildman–Crippen MR) is 58.5 cm³/mol. The van der Waals surface area contributed by atoms with E-state index in [0.717, 1.165) is 19.6 Å². The van der Waals surface area contributed by atoms with Crippen molar-refractivity contribution >= 4 is 5.91 Å². The van der Waals surface area contributed by atoms with Gasteiger partial charge in [0, 0.05) is 38.7 Å². The third-order valence-corrected chi connectivity index (χ3v) is 3.03. The zero-order chi connectivity index (χ0) is 11.3. The fourth-order valence-electron chi connectivity index (χ4n) is 1.85. The van der Waals surface area contributed by atoms with E-state index in [1.807, 2.05) is 7.05 Å². The number of nitrogens with zero attached hydrogens (tertiary/aromatic N) is 1. The van der Waals surface area contributed by atoms with Crippen molar-refractivity contribution in [1.82, 2.24) is 10.2 Å². The number of hydrogen-bond acceptors (Lipinski definition) is 4. The lowest BCUT2D eigenvalue weighted by atomic mass is 10.1.